The molecule has 2 saturated heterocycles. The Kier molecular flexibility index (Phi) is 11.6. The van der Waals surface area contributed by atoms with Crippen molar-refractivity contribution in [1.82, 2.24) is 0 Å². The largest absolute Gasteiger partial charge is 0.396 e. The number of aliphatic hydroxyl groups excluding tert-OH is 6. The van der Waals surface area contributed by atoms with Crippen molar-refractivity contribution in [3.63, 3.8) is 0 Å². The Morgan fingerprint density at radius 2 is 1.32 bits per heavy atom. The van der Waals surface area contributed by atoms with Crippen molar-refractivity contribution in [2.75, 3.05) is 39.6 Å². The van der Waals surface area contributed by atoms with Gasteiger partial charge in [0.2, 0.25) is 0 Å². The highest BCUT2D eigenvalue weighted by atomic mass is 16.5. The van der Waals surface area contributed by atoms with Crippen LogP contribution in [-0.4, -0.2) is 107 Å². The maximum absolute atomic E-state index is 10.6. The molecule has 0 spiro atoms. The minimum Gasteiger partial charge on any atom is -0.396 e. The molecule has 2 aliphatic rings. The van der Waals surface area contributed by atoms with Crippen LogP contribution < -0.4 is 0 Å². The average Bonchev–Trinajstić information content (AvgIpc) is 2.72. The van der Waals surface area contributed by atoms with Crippen molar-refractivity contribution in [2.45, 2.75) is 76.2 Å². The van der Waals surface area contributed by atoms with Crippen LogP contribution in [0, 0.1) is 23.7 Å². The monoisotopic (exact) mass is 450 g/mol. The van der Waals surface area contributed by atoms with Gasteiger partial charge >= 0.3 is 0 Å². The van der Waals surface area contributed by atoms with Crippen LogP contribution in [0.1, 0.15) is 39.5 Å². The lowest BCUT2D eigenvalue weighted by Crippen LogP contribution is -2.43. The smallest absolute Gasteiger partial charge is 0.107 e. The van der Waals surface area contributed by atoms with E-state index in [4.69, 9.17) is 14.2 Å². The zero-order valence-electron chi connectivity index (χ0n) is 18.8. The second kappa shape index (κ2) is 13.4. The zero-order valence-corrected chi connectivity index (χ0v) is 18.8. The summed E-state index contributed by atoms with van der Waals surface area (Å²) in [5.41, 5.74) is 0. The number of hydrogen-bond donors (Lipinski definition) is 6. The van der Waals surface area contributed by atoms with Crippen LogP contribution in [0.5, 0.6) is 0 Å². The van der Waals surface area contributed by atoms with Gasteiger partial charge in [0.15, 0.2) is 0 Å². The molecule has 0 radical (unpaired) electrons. The summed E-state index contributed by atoms with van der Waals surface area (Å²) in [6, 6.07) is 0. The van der Waals surface area contributed by atoms with E-state index in [0.29, 0.717) is 32.7 Å². The second-order valence-corrected chi connectivity index (χ2v) is 9.62. The Morgan fingerprint density at radius 1 is 0.710 bits per heavy atom. The Hall–Kier alpha value is -0.360. The van der Waals surface area contributed by atoms with Gasteiger partial charge in [-0.15, -0.1) is 0 Å². The molecule has 2 heterocycles. The molecule has 0 aromatic heterocycles. The third kappa shape index (κ3) is 8.83. The van der Waals surface area contributed by atoms with E-state index in [0.717, 1.165) is 0 Å². The molecule has 6 N–H and O–H groups in total. The van der Waals surface area contributed by atoms with Gasteiger partial charge in [-0.05, 0) is 37.0 Å². The molecule has 9 heteroatoms. The summed E-state index contributed by atoms with van der Waals surface area (Å²) in [6.07, 6.45) is -4.65. The van der Waals surface area contributed by atoms with E-state index in [2.05, 4.69) is 0 Å². The highest BCUT2D eigenvalue weighted by Crippen LogP contribution is 2.26. The van der Waals surface area contributed by atoms with E-state index < -0.39 is 36.6 Å². The third-order valence-corrected chi connectivity index (χ3v) is 6.57. The van der Waals surface area contributed by atoms with E-state index in [9.17, 15) is 30.6 Å². The number of ether oxygens (including phenoxy) is 3. The van der Waals surface area contributed by atoms with E-state index >= 15 is 0 Å². The third-order valence-electron chi connectivity index (χ3n) is 6.57. The molecule has 0 aromatic rings. The molecular formula is C22H42O9. The van der Waals surface area contributed by atoms with Crippen LogP contribution in [0.2, 0.25) is 0 Å². The van der Waals surface area contributed by atoms with Crippen LogP contribution in [0.3, 0.4) is 0 Å². The summed E-state index contributed by atoms with van der Waals surface area (Å²) >= 11 is 0. The molecule has 0 bridgehead atoms. The molecule has 10 atom stereocenters. The summed E-state index contributed by atoms with van der Waals surface area (Å²) in [5.74, 6) is -0.267. The van der Waals surface area contributed by atoms with E-state index in [1.807, 2.05) is 13.8 Å². The quantitative estimate of drug-likeness (QED) is 0.327. The summed E-state index contributed by atoms with van der Waals surface area (Å²) < 4.78 is 17.4. The van der Waals surface area contributed by atoms with Crippen molar-refractivity contribution in [1.29, 1.82) is 0 Å². The Morgan fingerprint density at radius 3 is 2.03 bits per heavy atom. The van der Waals surface area contributed by atoms with Gasteiger partial charge in [-0.25, -0.2) is 0 Å². The molecule has 2 rings (SSSR count). The van der Waals surface area contributed by atoms with E-state index in [-0.39, 0.29) is 56.3 Å². The molecule has 4 unspecified atom stereocenters. The van der Waals surface area contributed by atoms with Crippen LogP contribution in [0.15, 0.2) is 0 Å². The average molecular weight is 451 g/mol. The summed E-state index contributed by atoms with van der Waals surface area (Å²) in [7, 11) is 0. The van der Waals surface area contributed by atoms with Crippen molar-refractivity contribution in [3.05, 3.63) is 0 Å². The minimum atomic E-state index is -1.04. The maximum atomic E-state index is 10.6. The fraction of sp³-hybridized carbons (Fsp3) is 1.00. The minimum absolute atomic E-state index is 0.0179. The first-order chi connectivity index (χ1) is 14.7. The fourth-order valence-corrected chi connectivity index (χ4v) is 4.28. The molecule has 0 amide bonds. The Labute approximate surface area is 184 Å². The SMILES string of the molecule is CC1COC[C@@H](OCC2C[C@H](O)[C@H](O)CC(CO)COC[C@H]2C)C(O)C[C@@H](O)[C@@H](O)C1. The number of aliphatic hydroxyl groups is 6. The van der Waals surface area contributed by atoms with E-state index in [1.165, 1.54) is 0 Å². The van der Waals surface area contributed by atoms with Gasteiger partial charge in [-0.2, -0.15) is 0 Å². The lowest BCUT2D eigenvalue weighted by Gasteiger charge is -2.34. The molecule has 31 heavy (non-hydrogen) atoms. The van der Waals surface area contributed by atoms with Gasteiger partial charge in [0.1, 0.15) is 6.10 Å². The highest BCUT2D eigenvalue weighted by Gasteiger charge is 2.32. The Bertz CT molecular complexity index is 494. The topological polar surface area (TPSA) is 149 Å². The number of hydrogen-bond acceptors (Lipinski definition) is 9. The second-order valence-electron chi connectivity index (χ2n) is 9.62. The lowest BCUT2D eigenvalue weighted by molar-refractivity contribution is -0.129. The number of rotatable bonds is 4. The van der Waals surface area contributed by atoms with Crippen LogP contribution in [0.4, 0.5) is 0 Å². The van der Waals surface area contributed by atoms with Gasteiger partial charge in [0, 0.05) is 32.2 Å². The molecular weight excluding hydrogens is 408 g/mol. The predicted molar refractivity (Wildman–Crippen MR) is 112 cm³/mol. The molecule has 9 nitrogen and oxygen atoms in total. The van der Waals surface area contributed by atoms with Gasteiger partial charge in [-0.3, -0.25) is 0 Å². The first-order valence-electron chi connectivity index (χ1n) is 11.5. The summed E-state index contributed by atoms with van der Waals surface area (Å²) in [6.45, 7) is 5.31. The van der Waals surface area contributed by atoms with Crippen LogP contribution in [0.25, 0.3) is 0 Å². The predicted octanol–water partition coefficient (Wildman–Crippen LogP) is -0.706. The van der Waals surface area contributed by atoms with E-state index in [1.54, 1.807) is 0 Å². The van der Waals surface area contributed by atoms with Crippen molar-refractivity contribution < 1.29 is 44.8 Å². The molecule has 0 aliphatic carbocycles. The first kappa shape index (κ1) is 26.9. The highest BCUT2D eigenvalue weighted by molar-refractivity contribution is 4.82. The van der Waals surface area contributed by atoms with Crippen LogP contribution >= 0.6 is 0 Å². The van der Waals surface area contributed by atoms with Gasteiger partial charge in [0.25, 0.3) is 0 Å². The van der Waals surface area contributed by atoms with Crippen molar-refractivity contribution in [2.24, 2.45) is 23.7 Å². The van der Waals surface area contributed by atoms with Gasteiger partial charge < -0.3 is 44.8 Å². The van der Waals surface area contributed by atoms with Crippen LogP contribution in [-0.2, 0) is 14.2 Å². The molecule has 0 aromatic carbocycles. The standard InChI is InChI=1S/C22H42O9/c1-13-3-17(24)20(27)6-21(28)22(12-29-8-13)31-11-16-5-19(26)18(25)4-15(7-23)10-30-9-14(16)2/h13-28H,3-12H2,1-2H3/t13?,14-,15?,16?,17+,18-,19+,20-,21?,22-/m1/s1. The normalized spacial score (nSPS) is 44.5. The lowest BCUT2D eigenvalue weighted by atomic mass is 9.86. The van der Waals surface area contributed by atoms with Crippen molar-refractivity contribution in [3.8, 4) is 0 Å². The molecule has 184 valence electrons. The zero-order chi connectivity index (χ0) is 23.0. The summed E-state index contributed by atoms with van der Waals surface area (Å²) in [4.78, 5) is 0. The molecule has 2 aliphatic heterocycles. The first-order valence-corrected chi connectivity index (χ1v) is 11.5. The molecule has 2 fully saturated rings. The maximum Gasteiger partial charge on any atom is 0.107 e. The van der Waals surface area contributed by atoms with Gasteiger partial charge in [0.05, 0.1) is 50.3 Å². The fourth-order valence-electron chi connectivity index (χ4n) is 4.28. The Balaban J connectivity index is 1.99. The molecule has 0 saturated carbocycles. The summed E-state index contributed by atoms with van der Waals surface area (Å²) in [5, 5.41) is 61.0. The van der Waals surface area contributed by atoms with Crippen molar-refractivity contribution >= 4 is 0 Å². The van der Waals surface area contributed by atoms with Gasteiger partial charge in [-0.1, -0.05) is 13.8 Å².